The summed E-state index contributed by atoms with van der Waals surface area (Å²) < 4.78 is 0. The molecule has 0 bridgehead atoms. The summed E-state index contributed by atoms with van der Waals surface area (Å²) in [5.74, 6) is -1.10. The lowest BCUT2D eigenvalue weighted by Gasteiger charge is -2.26. The number of rotatable bonds is 5. The lowest BCUT2D eigenvalue weighted by molar-refractivity contribution is -0.149. The molecular weight excluding hydrogens is 270 g/mol. The maximum Gasteiger partial charge on any atom is 0.326 e. The third-order valence-electron chi connectivity index (χ3n) is 3.88. The number of H-pyrrole nitrogens is 1. The Labute approximate surface area is 121 Å². The van der Waals surface area contributed by atoms with E-state index in [4.69, 9.17) is 5.11 Å². The van der Waals surface area contributed by atoms with Gasteiger partial charge in [0.2, 0.25) is 5.91 Å². The molecule has 0 aromatic carbocycles. The van der Waals surface area contributed by atoms with Crippen molar-refractivity contribution in [2.45, 2.75) is 38.3 Å². The number of aromatic amines is 1. The van der Waals surface area contributed by atoms with Crippen LogP contribution in [0, 0.1) is 0 Å². The van der Waals surface area contributed by atoms with Crippen LogP contribution in [0.25, 0.3) is 11.0 Å². The minimum absolute atomic E-state index is 0.0759. The van der Waals surface area contributed by atoms with E-state index in [2.05, 4.69) is 9.97 Å². The number of nitrogens with zero attached hydrogens (tertiary/aromatic N) is 2. The number of nitrogens with one attached hydrogen (secondary N) is 1. The molecule has 1 aliphatic rings. The second kappa shape index (κ2) is 5.20. The minimum Gasteiger partial charge on any atom is -0.480 e. The number of hydrogen-bond donors (Lipinski definition) is 2. The summed E-state index contributed by atoms with van der Waals surface area (Å²) in [6, 6.07) is 3.02. The van der Waals surface area contributed by atoms with E-state index in [-0.39, 0.29) is 18.4 Å². The molecule has 110 valence electrons. The molecule has 1 unspecified atom stereocenters. The molecule has 1 aliphatic carbocycles. The van der Waals surface area contributed by atoms with Crippen LogP contribution in [0.2, 0.25) is 0 Å². The van der Waals surface area contributed by atoms with Gasteiger partial charge < -0.3 is 15.0 Å². The third-order valence-corrected chi connectivity index (χ3v) is 3.88. The second-order valence-electron chi connectivity index (χ2n) is 5.44. The zero-order valence-electron chi connectivity index (χ0n) is 11.7. The number of hydrogen-bond acceptors (Lipinski definition) is 3. The van der Waals surface area contributed by atoms with Gasteiger partial charge in [-0.3, -0.25) is 4.79 Å². The molecule has 0 saturated heterocycles. The number of carbonyl (C=O) groups excluding carboxylic acids is 1. The number of carboxylic acid groups (broad SMARTS) is 1. The molecule has 0 radical (unpaired) electrons. The van der Waals surface area contributed by atoms with Crippen molar-refractivity contribution in [3.05, 3.63) is 30.1 Å². The highest BCUT2D eigenvalue weighted by Gasteiger charge is 2.38. The van der Waals surface area contributed by atoms with E-state index in [9.17, 15) is 9.59 Å². The Bertz CT molecular complexity index is 690. The topological polar surface area (TPSA) is 86.3 Å². The molecule has 1 saturated carbocycles. The molecule has 6 nitrogen and oxygen atoms in total. The van der Waals surface area contributed by atoms with Crippen molar-refractivity contribution in [1.82, 2.24) is 14.9 Å². The van der Waals surface area contributed by atoms with E-state index < -0.39 is 12.0 Å². The standard InChI is InChI=1S/C15H17N3O3/c1-9(15(20)21)18(11-4-5-11)13(19)7-10-8-17-14-12(10)3-2-6-16-14/h2-3,6,8-9,11H,4-5,7H2,1H3,(H,16,17)(H,20,21). The number of amides is 1. The van der Waals surface area contributed by atoms with Crippen molar-refractivity contribution in [3.8, 4) is 0 Å². The summed E-state index contributed by atoms with van der Waals surface area (Å²) in [5, 5.41) is 10.1. The van der Waals surface area contributed by atoms with Crippen LogP contribution in [0.5, 0.6) is 0 Å². The van der Waals surface area contributed by atoms with E-state index in [1.165, 1.54) is 4.90 Å². The monoisotopic (exact) mass is 287 g/mol. The number of pyridine rings is 1. The molecule has 2 aromatic heterocycles. The number of aromatic nitrogens is 2. The van der Waals surface area contributed by atoms with Gasteiger partial charge in [-0.15, -0.1) is 0 Å². The Hall–Kier alpha value is -2.37. The summed E-state index contributed by atoms with van der Waals surface area (Å²) in [6.07, 6.45) is 5.43. The first kappa shape index (κ1) is 13.6. The number of fused-ring (bicyclic) bond motifs is 1. The molecule has 2 heterocycles. The average molecular weight is 287 g/mol. The van der Waals surface area contributed by atoms with Gasteiger partial charge in [0, 0.05) is 23.8 Å². The summed E-state index contributed by atoms with van der Waals surface area (Å²) >= 11 is 0. The number of carboxylic acids is 1. The summed E-state index contributed by atoms with van der Waals surface area (Å²) in [4.78, 5) is 32.4. The van der Waals surface area contributed by atoms with Gasteiger partial charge in [-0.2, -0.15) is 0 Å². The smallest absolute Gasteiger partial charge is 0.326 e. The van der Waals surface area contributed by atoms with E-state index in [0.717, 1.165) is 29.4 Å². The van der Waals surface area contributed by atoms with E-state index in [1.54, 1.807) is 19.3 Å². The van der Waals surface area contributed by atoms with Gasteiger partial charge >= 0.3 is 5.97 Å². The van der Waals surface area contributed by atoms with Gasteiger partial charge in [-0.1, -0.05) is 0 Å². The molecule has 21 heavy (non-hydrogen) atoms. The van der Waals surface area contributed by atoms with Crippen LogP contribution in [0.3, 0.4) is 0 Å². The molecule has 1 fully saturated rings. The summed E-state index contributed by atoms with van der Waals surface area (Å²) in [5.41, 5.74) is 1.59. The van der Waals surface area contributed by atoms with Crippen LogP contribution < -0.4 is 0 Å². The highest BCUT2D eigenvalue weighted by atomic mass is 16.4. The molecule has 2 aromatic rings. The first-order valence-corrected chi connectivity index (χ1v) is 7.03. The molecule has 3 rings (SSSR count). The van der Waals surface area contributed by atoms with Crippen molar-refractivity contribution in [1.29, 1.82) is 0 Å². The Balaban J connectivity index is 1.82. The van der Waals surface area contributed by atoms with E-state index >= 15 is 0 Å². The van der Waals surface area contributed by atoms with Crippen molar-refractivity contribution < 1.29 is 14.7 Å². The maximum absolute atomic E-state index is 12.5. The van der Waals surface area contributed by atoms with Crippen LogP contribution in [0.4, 0.5) is 0 Å². The zero-order valence-corrected chi connectivity index (χ0v) is 11.7. The minimum atomic E-state index is -0.962. The Kier molecular flexibility index (Phi) is 3.37. The first-order chi connectivity index (χ1) is 10.1. The average Bonchev–Trinajstić information content (AvgIpc) is 3.21. The predicted molar refractivity (Wildman–Crippen MR) is 76.8 cm³/mol. The SMILES string of the molecule is CC(C(=O)O)N(C(=O)Cc1c[nH]c2ncccc12)C1CC1. The van der Waals surface area contributed by atoms with Crippen molar-refractivity contribution in [3.63, 3.8) is 0 Å². The third kappa shape index (κ3) is 2.61. The largest absolute Gasteiger partial charge is 0.480 e. The highest BCUT2D eigenvalue weighted by molar-refractivity contribution is 5.89. The molecule has 0 spiro atoms. The molecule has 1 amide bonds. The van der Waals surface area contributed by atoms with Crippen molar-refractivity contribution in [2.24, 2.45) is 0 Å². The Morgan fingerprint density at radius 3 is 2.95 bits per heavy atom. The lowest BCUT2D eigenvalue weighted by atomic mass is 10.1. The fourth-order valence-corrected chi connectivity index (χ4v) is 2.62. The summed E-state index contributed by atoms with van der Waals surface area (Å²) in [7, 11) is 0. The number of aliphatic carboxylic acids is 1. The van der Waals surface area contributed by atoms with E-state index in [1.807, 2.05) is 12.1 Å². The maximum atomic E-state index is 12.5. The lowest BCUT2D eigenvalue weighted by Crippen LogP contribution is -2.45. The van der Waals surface area contributed by atoms with Crippen LogP contribution in [0.15, 0.2) is 24.5 Å². The van der Waals surface area contributed by atoms with Crippen LogP contribution >= 0.6 is 0 Å². The van der Waals surface area contributed by atoms with Gasteiger partial charge in [0.25, 0.3) is 0 Å². The predicted octanol–water partition coefficient (Wildman–Crippen LogP) is 1.57. The van der Waals surface area contributed by atoms with Gasteiger partial charge in [0.15, 0.2) is 0 Å². The molecule has 1 atom stereocenters. The fourth-order valence-electron chi connectivity index (χ4n) is 2.62. The first-order valence-electron chi connectivity index (χ1n) is 7.03. The quantitative estimate of drug-likeness (QED) is 0.874. The molecule has 2 N–H and O–H groups in total. The molecule has 0 aliphatic heterocycles. The van der Waals surface area contributed by atoms with Crippen LogP contribution in [0.1, 0.15) is 25.3 Å². The van der Waals surface area contributed by atoms with Gasteiger partial charge in [-0.05, 0) is 37.5 Å². The van der Waals surface area contributed by atoms with Gasteiger partial charge in [-0.25, -0.2) is 9.78 Å². The highest BCUT2D eigenvalue weighted by Crippen LogP contribution is 2.30. The van der Waals surface area contributed by atoms with Crippen LogP contribution in [-0.2, 0) is 16.0 Å². The summed E-state index contributed by atoms with van der Waals surface area (Å²) in [6.45, 7) is 1.56. The molecular formula is C15H17N3O3. The normalized spacial score (nSPS) is 15.9. The van der Waals surface area contributed by atoms with Crippen LogP contribution in [-0.4, -0.2) is 43.9 Å². The van der Waals surface area contributed by atoms with Crippen molar-refractivity contribution >= 4 is 22.9 Å². The second-order valence-corrected chi connectivity index (χ2v) is 5.44. The Morgan fingerprint density at radius 2 is 2.29 bits per heavy atom. The van der Waals surface area contributed by atoms with Gasteiger partial charge in [0.1, 0.15) is 11.7 Å². The molecule has 6 heteroatoms. The zero-order chi connectivity index (χ0) is 15.0. The van der Waals surface area contributed by atoms with E-state index in [0.29, 0.717) is 0 Å². The van der Waals surface area contributed by atoms with Gasteiger partial charge in [0.05, 0.1) is 6.42 Å². The fraction of sp³-hybridized carbons (Fsp3) is 0.400. The number of carbonyl (C=O) groups is 2. The van der Waals surface area contributed by atoms with Crippen molar-refractivity contribution in [2.75, 3.05) is 0 Å². The Morgan fingerprint density at radius 1 is 1.52 bits per heavy atom.